The van der Waals surface area contributed by atoms with Gasteiger partial charge in [0.1, 0.15) is 6.61 Å². The highest BCUT2D eigenvalue weighted by Crippen LogP contribution is 2.37. The van der Waals surface area contributed by atoms with Gasteiger partial charge in [-0.1, -0.05) is 69.0 Å². The maximum absolute atomic E-state index is 6.14. The Labute approximate surface area is 152 Å². The van der Waals surface area contributed by atoms with Crippen molar-refractivity contribution in [2.24, 2.45) is 0 Å². The molecule has 2 rings (SSSR count). The number of unbranched alkanes of at least 4 members (excludes halogenated alkanes) is 4. The van der Waals surface area contributed by atoms with Gasteiger partial charge in [-0.2, -0.15) is 0 Å². The van der Waals surface area contributed by atoms with Crippen molar-refractivity contribution in [2.75, 3.05) is 25.6 Å². The highest BCUT2D eigenvalue weighted by atomic mass is 16.5. The molecule has 0 bridgehead atoms. The average Bonchev–Trinajstić information content (AvgIpc) is 2.66. The summed E-state index contributed by atoms with van der Waals surface area (Å²) in [5.41, 5.74) is 2.24. The van der Waals surface area contributed by atoms with Crippen LogP contribution in [0.1, 0.15) is 44.6 Å². The Morgan fingerprint density at radius 1 is 0.880 bits per heavy atom. The number of ether oxygens (including phenoxy) is 2. The van der Waals surface area contributed by atoms with Crippen LogP contribution >= 0.6 is 0 Å². The molecule has 2 aromatic rings. The molecule has 0 saturated carbocycles. The molecule has 2 aromatic carbocycles. The van der Waals surface area contributed by atoms with Crippen LogP contribution in [0.5, 0.6) is 11.5 Å². The van der Waals surface area contributed by atoms with Gasteiger partial charge in [-0.25, -0.2) is 0 Å². The number of anilines is 1. The van der Waals surface area contributed by atoms with Crippen LogP contribution in [0.4, 0.5) is 5.69 Å². The number of para-hydroxylation sites is 1. The second-order valence-electron chi connectivity index (χ2n) is 6.42. The van der Waals surface area contributed by atoms with Gasteiger partial charge < -0.3 is 14.4 Å². The van der Waals surface area contributed by atoms with Gasteiger partial charge in [0, 0.05) is 13.6 Å². The lowest BCUT2D eigenvalue weighted by Crippen LogP contribution is -2.19. The third-order valence-electron chi connectivity index (χ3n) is 4.41. The van der Waals surface area contributed by atoms with E-state index in [9.17, 15) is 0 Å². The number of benzene rings is 2. The Kier molecular flexibility index (Phi) is 8.17. The molecule has 0 aliphatic rings. The van der Waals surface area contributed by atoms with Crippen molar-refractivity contribution in [1.29, 1.82) is 0 Å². The fourth-order valence-electron chi connectivity index (χ4n) is 2.91. The molecule has 3 heteroatoms. The molecule has 0 fully saturated rings. The van der Waals surface area contributed by atoms with Crippen LogP contribution in [0.25, 0.3) is 0 Å². The molecule has 0 amide bonds. The monoisotopic (exact) mass is 341 g/mol. The lowest BCUT2D eigenvalue weighted by molar-refractivity contribution is 0.285. The first-order chi connectivity index (χ1) is 12.3. The molecule has 0 atom stereocenters. The van der Waals surface area contributed by atoms with Crippen molar-refractivity contribution in [3.63, 3.8) is 0 Å². The SMILES string of the molecule is CCCCCCCN(C)c1cccc(OC)c1OCc1ccccc1. The molecule has 0 aliphatic heterocycles. The quantitative estimate of drug-likeness (QED) is 0.491. The molecule has 0 radical (unpaired) electrons. The van der Waals surface area contributed by atoms with Gasteiger partial charge in [-0.15, -0.1) is 0 Å². The van der Waals surface area contributed by atoms with Gasteiger partial charge in [0.25, 0.3) is 0 Å². The number of hydrogen-bond donors (Lipinski definition) is 0. The third kappa shape index (κ3) is 6.00. The van der Waals surface area contributed by atoms with E-state index < -0.39 is 0 Å². The fraction of sp³-hybridized carbons (Fsp3) is 0.455. The predicted molar refractivity (Wildman–Crippen MR) is 106 cm³/mol. The summed E-state index contributed by atoms with van der Waals surface area (Å²) in [6, 6.07) is 16.3. The average molecular weight is 341 g/mol. The molecular weight excluding hydrogens is 310 g/mol. The second kappa shape index (κ2) is 10.7. The van der Waals surface area contributed by atoms with E-state index in [2.05, 4.69) is 37.1 Å². The largest absolute Gasteiger partial charge is 0.493 e. The normalized spacial score (nSPS) is 10.5. The zero-order valence-electron chi connectivity index (χ0n) is 15.8. The van der Waals surface area contributed by atoms with Crippen LogP contribution < -0.4 is 14.4 Å². The molecule has 25 heavy (non-hydrogen) atoms. The van der Waals surface area contributed by atoms with Gasteiger partial charge >= 0.3 is 0 Å². The van der Waals surface area contributed by atoms with Crippen LogP contribution in [0.15, 0.2) is 48.5 Å². The molecule has 3 nitrogen and oxygen atoms in total. The highest BCUT2D eigenvalue weighted by Gasteiger charge is 2.14. The minimum absolute atomic E-state index is 0.540. The summed E-state index contributed by atoms with van der Waals surface area (Å²) in [4.78, 5) is 2.27. The maximum Gasteiger partial charge on any atom is 0.184 e. The van der Waals surface area contributed by atoms with Crippen LogP contribution in [-0.4, -0.2) is 20.7 Å². The lowest BCUT2D eigenvalue weighted by Gasteiger charge is -2.24. The zero-order valence-corrected chi connectivity index (χ0v) is 15.8. The van der Waals surface area contributed by atoms with E-state index in [1.807, 2.05) is 30.3 Å². The molecule has 136 valence electrons. The first kappa shape index (κ1) is 19.2. The molecule has 0 aliphatic carbocycles. The topological polar surface area (TPSA) is 21.7 Å². The lowest BCUT2D eigenvalue weighted by atomic mass is 10.1. The summed E-state index contributed by atoms with van der Waals surface area (Å²) in [7, 11) is 3.82. The van der Waals surface area contributed by atoms with E-state index in [0.717, 1.165) is 29.3 Å². The minimum atomic E-state index is 0.540. The van der Waals surface area contributed by atoms with Crippen molar-refractivity contribution in [1.82, 2.24) is 0 Å². The Morgan fingerprint density at radius 2 is 1.64 bits per heavy atom. The van der Waals surface area contributed by atoms with E-state index in [0.29, 0.717) is 6.61 Å². The first-order valence-corrected chi connectivity index (χ1v) is 9.31. The summed E-state index contributed by atoms with van der Waals surface area (Å²) in [6.45, 7) is 3.82. The fourth-order valence-corrected chi connectivity index (χ4v) is 2.91. The van der Waals surface area contributed by atoms with Crippen LogP contribution in [0, 0.1) is 0 Å². The molecule has 0 heterocycles. The Bertz CT molecular complexity index is 613. The highest BCUT2D eigenvalue weighted by molar-refractivity contribution is 5.64. The van der Waals surface area contributed by atoms with E-state index in [-0.39, 0.29) is 0 Å². The van der Waals surface area contributed by atoms with Crippen molar-refractivity contribution in [3.8, 4) is 11.5 Å². The predicted octanol–water partition coefficient (Wildman–Crippen LogP) is 5.68. The van der Waals surface area contributed by atoms with E-state index in [1.54, 1.807) is 7.11 Å². The van der Waals surface area contributed by atoms with Gasteiger partial charge in [0.2, 0.25) is 0 Å². The summed E-state index contributed by atoms with van der Waals surface area (Å²) in [5, 5.41) is 0. The van der Waals surface area contributed by atoms with Crippen LogP contribution in [-0.2, 0) is 6.61 Å². The molecule has 0 unspecified atom stereocenters. The van der Waals surface area contributed by atoms with Crippen molar-refractivity contribution >= 4 is 5.69 Å². The third-order valence-corrected chi connectivity index (χ3v) is 4.41. The van der Waals surface area contributed by atoms with Crippen molar-refractivity contribution in [3.05, 3.63) is 54.1 Å². The summed E-state index contributed by atoms with van der Waals surface area (Å²) < 4.78 is 11.7. The number of nitrogens with zero attached hydrogens (tertiary/aromatic N) is 1. The van der Waals surface area contributed by atoms with E-state index in [1.165, 1.54) is 32.1 Å². The number of rotatable bonds is 11. The maximum atomic E-state index is 6.14. The van der Waals surface area contributed by atoms with Crippen molar-refractivity contribution < 1.29 is 9.47 Å². The van der Waals surface area contributed by atoms with Crippen molar-refractivity contribution in [2.45, 2.75) is 45.6 Å². The molecule has 0 aromatic heterocycles. The summed E-state index contributed by atoms with van der Waals surface area (Å²) >= 11 is 0. The summed E-state index contributed by atoms with van der Waals surface area (Å²) in [6.07, 6.45) is 6.41. The second-order valence-corrected chi connectivity index (χ2v) is 6.42. The molecule has 0 spiro atoms. The Hall–Kier alpha value is -2.16. The minimum Gasteiger partial charge on any atom is -0.493 e. The Morgan fingerprint density at radius 3 is 2.36 bits per heavy atom. The van der Waals surface area contributed by atoms with Gasteiger partial charge in [0.15, 0.2) is 11.5 Å². The van der Waals surface area contributed by atoms with E-state index in [4.69, 9.17) is 9.47 Å². The van der Waals surface area contributed by atoms with Crippen LogP contribution in [0.3, 0.4) is 0 Å². The number of methoxy groups -OCH3 is 1. The Balaban J connectivity index is 2.03. The van der Waals surface area contributed by atoms with Gasteiger partial charge in [0.05, 0.1) is 12.8 Å². The summed E-state index contributed by atoms with van der Waals surface area (Å²) in [5.74, 6) is 1.61. The standard InChI is InChI=1S/C22H31NO2/c1-4-5-6-7-11-17-23(2)20-15-12-16-21(24-3)22(20)25-18-19-13-9-8-10-14-19/h8-10,12-16H,4-7,11,17-18H2,1-3H3. The number of hydrogen-bond acceptors (Lipinski definition) is 3. The van der Waals surface area contributed by atoms with E-state index >= 15 is 0 Å². The van der Waals surface area contributed by atoms with Crippen LogP contribution in [0.2, 0.25) is 0 Å². The molecular formula is C22H31NO2. The molecule has 0 saturated heterocycles. The first-order valence-electron chi connectivity index (χ1n) is 9.31. The van der Waals surface area contributed by atoms with Gasteiger partial charge in [-0.05, 0) is 24.1 Å². The smallest absolute Gasteiger partial charge is 0.184 e. The zero-order chi connectivity index (χ0) is 17.9. The molecule has 0 N–H and O–H groups in total. The van der Waals surface area contributed by atoms with Gasteiger partial charge in [-0.3, -0.25) is 0 Å².